The molecule has 1 aliphatic rings. The summed E-state index contributed by atoms with van der Waals surface area (Å²) in [5, 5.41) is 8.83. The fourth-order valence-corrected chi connectivity index (χ4v) is 2.68. The maximum atomic E-state index is 10.8. The fraction of sp³-hybridized carbons (Fsp3) is 0.909. The van der Waals surface area contributed by atoms with Gasteiger partial charge in [0.05, 0.1) is 12.9 Å². The van der Waals surface area contributed by atoms with Crippen LogP contribution < -0.4 is 0 Å². The summed E-state index contributed by atoms with van der Waals surface area (Å²) < 4.78 is 26.3. The molecule has 0 aromatic heterocycles. The lowest BCUT2D eigenvalue weighted by Crippen LogP contribution is -2.39. The number of hydrogen-bond acceptors (Lipinski definition) is 4. The van der Waals surface area contributed by atoms with E-state index in [4.69, 9.17) is 9.29 Å². The molecule has 1 heterocycles. The predicted octanol–water partition coefficient (Wildman–Crippen LogP) is 1.38. The van der Waals surface area contributed by atoms with Gasteiger partial charge >= 0.3 is 6.09 Å². The lowest BCUT2D eigenvalue weighted by atomic mass is 9.84. The van der Waals surface area contributed by atoms with Crippen LogP contribution in [0.25, 0.3) is 0 Å². The van der Waals surface area contributed by atoms with E-state index in [0.717, 1.165) is 19.1 Å². The average Bonchev–Trinajstić information content (AvgIpc) is 2.27. The second-order valence-electron chi connectivity index (χ2n) is 4.90. The van der Waals surface area contributed by atoms with Crippen LogP contribution in [0.4, 0.5) is 4.79 Å². The molecular weight excluding hydrogens is 258 g/mol. The summed E-state index contributed by atoms with van der Waals surface area (Å²) in [7, 11) is -3.36. The summed E-state index contributed by atoms with van der Waals surface area (Å²) in [6, 6.07) is 0. The van der Waals surface area contributed by atoms with Gasteiger partial charge in [-0.2, -0.15) is 8.42 Å². The molecule has 0 saturated carbocycles. The number of likely N-dealkylation sites (tertiary alicyclic amines) is 1. The Hall–Kier alpha value is -0.820. The number of carboxylic acid groups (broad SMARTS) is 1. The van der Waals surface area contributed by atoms with E-state index in [2.05, 4.69) is 6.92 Å². The number of rotatable bonds is 5. The van der Waals surface area contributed by atoms with E-state index in [0.29, 0.717) is 31.3 Å². The first kappa shape index (κ1) is 15.2. The second-order valence-corrected chi connectivity index (χ2v) is 6.54. The standard InChI is InChI=1S/C11H21NO5S/c1-9(5-8-17-18(2,15)16)10-3-6-12(7-4-10)11(13)14/h9-10H,3-8H2,1-2H3,(H,13,14)/t9-/m1/s1. The molecule has 1 amide bonds. The van der Waals surface area contributed by atoms with Crippen LogP contribution in [0.1, 0.15) is 26.2 Å². The first-order chi connectivity index (χ1) is 8.29. The zero-order valence-corrected chi connectivity index (χ0v) is 11.6. The largest absolute Gasteiger partial charge is 0.465 e. The minimum Gasteiger partial charge on any atom is -0.465 e. The highest BCUT2D eigenvalue weighted by molar-refractivity contribution is 7.85. The van der Waals surface area contributed by atoms with Crippen molar-refractivity contribution in [3.05, 3.63) is 0 Å². The minimum atomic E-state index is -3.36. The monoisotopic (exact) mass is 279 g/mol. The molecule has 0 unspecified atom stereocenters. The Bertz CT molecular complexity index is 373. The van der Waals surface area contributed by atoms with Crippen molar-refractivity contribution in [1.29, 1.82) is 0 Å². The molecule has 1 aliphatic heterocycles. The van der Waals surface area contributed by atoms with Crippen molar-refractivity contribution in [2.45, 2.75) is 26.2 Å². The van der Waals surface area contributed by atoms with E-state index in [1.54, 1.807) is 0 Å². The van der Waals surface area contributed by atoms with Gasteiger partial charge in [0.1, 0.15) is 0 Å². The van der Waals surface area contributed by atoms with E-state index in [9.17, 15) is 13.2 Å². The van der Waals surface area contributed by atoms with Gasteiger partial charge in [0.2, 0.25) is 0 Å². The average molecular weight is 279 g/mol. The molecule has 6 nitrogen and oxygen atoms in total. The van der Waals surface area contributed by atoms with Crippen LogP contribution in [0, 0.1) is 11.8 Å². The van der Waals surface area contributed by atoms with E-state index >= 15 is 0 Å². The van der Waals surface area contributed by atoms with Crippen LogP contribution in [0.2, 0.25) is 0 Å². The van der Waals surface area contributed by atoms with Crippen molar-refractivity contribution in [2.75, 3.05) is 26.0 Å². The third-order valence-electron chi connectivity index (χ3n) is 3.49. The molecule has 0 bridgehead atoms. The number of carbonyl (C=O) groups is 1. The van der Waals surface area contributed by atoms with Gasteiger partial charge in [-0.1, -0.05) is 6.92 Å². The Labute approximate surface area is 108 Å². The summed E-state index contributed by atoms with van der Waals surface area (Å²) in [5.74, 6) is 0.798. The van der Waals surface area contributed by atoms with Gasteiger partial charge in [-0.05, 0) is 31.1 Å². The third kappa shape index (κ3) is 5.22. The zero-order chi connectivity index (χ0) is 13.8. The van der Waals surface area contributed by atoms with Gasteiger partial charge in [0.15, 0.2) is 0 Å². The van der Waals surface area contributed by atoms with Gasteiger partial charge in [-0.3, -0.25) is 4.18 Å². The number of amides is 1. The molecule has 0 aromatic carbocycles. The zero-order valence-electron chi connectivity index (χ0n) is 10.8. The molecule has 18 heavy (non-hydrogen) atoms. The second kappa shape index (κ2) is 6.38. The molecule has 1 fully saturated rings. The SMILES string of the molecule is C[C@H](CCOS(C)(=O)=O)C1CCN(C(=O)O)CC1. The molecule has 0 radical (unpaired) electrons. The van der Waals surface area contributed by atoms with Gasteiger partial charge in [0.25, 0.3) is 10.1 Å². The lowest BCUT2D eigenvalue weighted by molar-refractivity contribution is 0.110. The van der Waals surface area contributed by atoms with Crippen LogP contribution >= 0.6 is 0 Å². The molecule has 1 N–H and O–H groups in total. The van der Waals surface area contributed by atoms with E-state index in [1.807, 2.05) is 0 Å². The quantitative estimate of drug-likeness (QED) is 0.769. The van der Waals surface area contributed by atoms with Crippen molar-refractivity contribution in [2.24, 2.45) is 11.8 Å². The maximum Gasteiger partial charge on any atom is 0.407 e. The third-order valence-corrected chi connectivity index (χ3v) is 4.08. The lowest BCUT2D eigenvalue weighted by Gasteiger charge is -2.33. The summed E-state index contributed by atoms with van der Waals surface area (Å²) in [5.41, 5.74) is 0. The van der Waals surface area contributed by atoms with Crippen molar-refractivity contribution in [3.63, 3.8) is 0 Å². The number of nitrogens with zero attached hydrogens (tertiary/aromatic N) is 1. The smallest absolute Gasteiger partial charge is 0.407 e. The van der Waals surface area contributed by atoms with Crippen LogP contribution in [-0.4, -0.2) is 50.5 Å². The molecule has 0 aromatic rings. The van der Waals surface area contributed by atoms with Crippen molar-refractivity contribution >= 4 is 16.2 Å². The first-order valence-corrected chi connectivity index (χ1v) is 7.93. The van der Waals surface area contributed by atoms with Crippen molar-refractivity contribution in [3.8, 4) is 0 Å². The molecule has 1 rings (SSSR count). The Kier molecular flexibility index (Phi) is 5.40. The molecular formula is C11H21NO5S. The Balaban J connectivity index is 2.28. The molecule has 1 saturated heterocycles. The highest BCUT2D eigenvalue weighted by Crippen LogP contribution is 2.27. The molecule has 1 atom stereocenters. The van der Waals surface area contributed by atoms with Gasteiger partial charge < -0.3 is 10.0 Å². The molecule has 106 valence electrons. The molecule has 0 spiro atoms. The Morgan fingerprint density at radius 1 is 1.44 bits per heavy atom. The predicted molar refractivity (Wildman–Crippen MR) is 66.9 cm³/mol. The van der Waals surface area contributed by atoms with Gasteiger partial charge in [0, 0.05) is 13.1 Å². The summed E-state index contributed by atoms with van der Waals surface area (Å²) >= 11 is 0. The Morgan fingerprint density at radius 3 is 2.44 bits per heavy atom. The first-order valence-electron chi connectivity index (χ1n) is 6.12. The van der Waals surface area contributed by atoms with Crippen LogP contribution in [0.3, 0.4) is 0 Å². The summed E-state index contributed by atoms with van der Waals surface area (Å²) in [6.07, 6.45) is 2.55. The fourth-order valence-electron chi connectivity index (χ4n) is 2.28. The number of hydrogen-bond donors (Lipinski definition) is 1. The van der Waals surface area contributed by atoms with Crippen molar-refractivity contribution < 1.29 is 22.5 Å². The highest BCUT2D eigenvalue weighted by atomic mass is 32.2. The normalized spacial score (nSPS) is 19.8. The van der Waals surface area contributed by atoms with Crippen LogP contribution in [-0.2, 0) is 14.3 Å². The highest BCUT2D eigenvalue weighted by Gasteiger charge is 2.25. The maximum absolute atomic E-state index is 10.8. The van der Waals surface area contributed by atoms with E-state index in [1.165, 1.54) is 4.90 Å². The number of piperidine rings is 1. The van der Waals surface area contributed by atoms with Crippen LogP contribution in [0.15, 0.2) is 0 Å². The Morgan fingerprint density at radius 2 is 2.00 bits per heavy atom. The molecule has 7 heteroatoms. The van der Waals surface area contributed by atoms with Crippen molar-refractivity contribution in [1.82, 2.24) is 4.90 Å². The van der Waals surface area contributed by atoms with E-state index < -0.39 is 16.2 Å². The molecule has 0 aliphatic carbocycles. The summed E-state index contributed by atoms with van der Waals surface area (Å²) in [6.45, 7) is 3.40. The van der Waals surface area contributed by atoms with E-state index in [-0.39, 0.29) is 6.61 Å². The minimum absolute atomic E-state index is 0.207. The van der Waals surface area contributed by atoms with Crippen LogP contribution in [0.5, 0.6) is 0 Å². The van der Waals surface area contributed by atoms with Gasteiger partial charge in [-0.15, -0.1) is 0 Å². The summed E-state index contributed by atoms with van der Waals surface area (Å²) in [4.78, 5) is 12.2. The topological polar surface area (TPSA) is 83.9 Å². The van der Waals surface area contributed by atoms with Gasteiger partial charge in [-0.25, -0.2) is 4.79 Å².